The van der Waals surface area contributed by atoms with E-state index in [1.807, 2.05) is 30.3 Å². The number of primary sulfonamides is 1. The standard InChI is InChI=1S/C20H18N4O5S/c21-30(28,29)16-11-9-15(10-12-16)22-18(25)13-24-19(26)17(23-20(24)27)8-4-7-14-5-2-1-3-6-14/h1-12H,13H2,(H,22,25)(H,23,27)(H2,21,28,29)/b7-4+,17-8+. The number of amides is 4. The highest BCUT2D eigenvalue weighted by Crippen LogP contribution is 2.14. The number of nitrogens with two attached hydrogens (primary N) is 1. The number of nitrogens with one attached hydrogen (secondary N) is 2. The SMILES string of the molecule is NS(=O)(=O)c1ccc(NC(=O)CN2C(=O)N/C(=C/C=C/c3ccccc3)C2=O)cc1. The molecule has 2 aromatic rings. The molecule has 4 amide bonds. The lowest BCUT2D eigenvalue weighted by Gasteiger charge is -2.12. The molecule has 10 heteroatoms. The van der Waals surface area contributed by atoms with E-state index in [-0.39, 0.29) is 10.6 Å². The maximum absolute atomic E-state index is 12.4. The van der Waals surface area contributed by atoms with Crippen LogP contribution < -0.4 is 15.8 Å². The Morgan fingerprint density at radius 2 is 1.73 bits per heavy atom. The zero-order chi connectivity index (χ0) is 21.7. The molecule has 0 aromatic heterocycles. The largest absolute Gasteiger partial charge is 0.329 e. The van der Waals surface area contributed by atoms with E-state index >= 15 is 0 Å². The first-order valence-corrected chi connectivity index (χ1v) is 10.3. The summed E-state index contributed by atoms with van der Waals surface area (Å²) in [7, 11) is -3.84. The van der Waals surface area contributed by atoms with Gasteiger partial charge in [0.1, 0.15) is 12.2 Å². The molecule has 1 aliphatic heterocycles. The van der Waals surface area contributed by atoms with E-state index in [1.54, 1.807) is 12.2 Å². The van der Waals surface area contributed by atoms with E-state index < -0.39 is 34.4 Å². The van der Waals surface area contributed by atoms with Crippen molar-refractivity contribution in [1.82, 2.24) is 10.2 Å². The van der Waals surface area contributed by atoms with Crippen molar-refractivity contribution < 1.29 is 22.8 Å². The minimum atomic E-state index is -3.84. The van der Waals surface area contributed by atoms with Crippen LogP contribution in [0.4, 0.5) is 10.5 Å². The number of rotatable bonds is 6. The van der Waals surface area contributed by atoms with Crippen LogP contribution in [0.25, 0.3) is 6.08 Å². The van der Waals surface area contributed by atoms with Gasteiger partial charge >= 0.3 is 6.03 Å². The molecule has 2 aromatic carbocycles. The van der Waals surface area contributed by atoms with Crippen molar-refractivity contribution >= 4 is 39.6 Å². The average molecular weight is 426 g/mol. The lowest BCUT2D eigenvalue weighted by atomic mass is 10.2. The molecule has 1 aliphatic rings. The second-order valence-electron chi connectivity index (χ2n) is 6.29. The molecule has 30 heavy (non-hydrogen) atoms. The molecule has 0 atom stereocenters. The van der Waals surface area contributed by atoms with Gasteiger partial charge < -0.3 is 10.6 Å². The molecule has 1 heterocycles. The number of urea groups is 1. The number of benzene rings is 2. The molecule has 9 nitrogen and oxygen atoms in total. The molecule has 0 spiro atoms. The van der Waals surface area contributed by atoms with Crippen molar-refractivity contribution in [2.45, 2.75) is 4.90 Å². The second kappa shape index (κ2) is 8.72. The van der Waals surface area contributed by atoms with Crippen molar-refractivity contribution in [3.05, 3.63) is 78.0 Å². The number of nitrogens with zero attached hydrogens (tertiary/aromatic N) is 1. The fourth-order valence-corrected chi connectivity index (χ4v) is 3.14. The normalized spacial score (nSPS) is 15.6. The van der Waals surface area contributed by atoms with Crippen LogP contribution in [-0.2, 0) is 19.6 Å². The molecule has 4 N–H and O–H groups in total. The van der Waals surface area contributed by atoms with Crippen LogP contribution >= 0.6 is 0 Å². The molecule has 1 fully saturated rings. The molecule has 1 saturated heterocycles. The molecular formula is C20H18N4O5S. The van der Waals surface area contributed by atoms with Crippen LogP contribution in [0.5, 0.6) is 0 Å². The molecular weight excluding hydrogens is 408 g/mol. The van der Waals surface area contributed by atoms with E-state index in [9.17, 15) is 22.8 Å². The Balaban J connectivity index is 1.61. The van der Waals surface area contributed by atoms with E-state index in [4.69, 9.17) is 5.14 Å². The van der Waals surface area contributed by atoms with Gasteiger partial charge in [0.05, 0.1) is 4.90 Å². The van der Waals surface area contributed by atoms with Gasteiger partial charge in [-0.05, 0) is 35.9 Å². The quantitative estimate of drug-likeness (QED) is 0.474. The lowest BCUT2D eigenvalue weighted by molar-refractivity contribution is -0.127. The van der Waals surface area contributed by atoms with Gasteiger partial charge in [0.2, 0.25) is 15.9 Å². The monoisotopic (exact) mass is 426 g/mol. The number of sulfonamides is 1. The van der Waals surface area contributed by atoms with Gasteiger partial charge in [-0.1, -0.05) is 42.5 Å². The Labute approximate surface area is 172 Å². The number of hydrogen-bond donors (Lipinski definition) is 3. The summed E-state index contributed by atoms with van der Waals surface area (Å²) in [6.07, 6.45) is 4.85. The Kier molecular flexibility index (Phi) is 6.09. The molecule has 3 rings (SSSR count). The number of carbonyl (C=O) groups is 3. The van der Waals surface area contributed by atoms with Gasteiger partial charge in [-0.2, -0.15) is 0 Å². The molecule has 0 aliphatic carbocycles. The summed E-state index contributed by atoms with van der Waals surface area (Å²) in [5.74, 6) is -1.25. The topological polar surface area (TPSA) is 139 Å². The number of anilines is 1. The Bertz CT molecular complexity index is 1140. The van der Waals surface area contributed by atoms with Crippen LogP contribution in [0, 0.1) is 0 Å². The fourth-order valence-electron chi connectivity index (χ4n) is 2.62. The summed E-state index contributed by atoms with van der Waals surface area (Å²) in [6.45, 7) is -0.499. The van der Waals surface area contributed by atoms with Crippen LogP contribution in [-0.4, -0.2) is 37.7 Å². The number of imide groups is 1. The second-order valence-corrected chi connectivity index (χ2v) is 7.85. The molecule has 0 saturated carbocycles. The minimum Gasteiger partial charge on any atom is -0.325 e. The van der Waals surface area contributed by atoms with E-state index in [1.165, 1.54) is 30.3 Å². The Morgan fingerprint density at radius 1 is 1.07 bits per heavy atom. The van der Waals surface area contributed by atoms with E-state index in [2.05, 4.69) is 10.6 Å². The van der Waals surface area contributed by atoms with Crippen molar-refractivity contribution in [3.63, 3.8) is 0 Å². The Hall–Kier alpha value is -3.76. The first-order valence-electron chi connectivity index (χ1n) is 8.73. The van der Waals surface area contributed by atoms with Crippen LogP contribution in [0.1, 0.15) is 5.56 Å². The average Bonchev–Trinajstić information content (AvgIpc) is 2.96. The molecule has 0 unspecified atom stereocenters. The highest BCUT2D eigenvalue weighted by Gasteiger charge is 2.34. The third kappa shape index (κ3) is 5.19. The van der Waals surface area contributed by atoms with Crippen molar-refractivity contribution in [1.29, 1.82) is 0 Å². The lowest BCUT2D eigenvalue weighted by Crippen LogP contribution is -2.38. The zero-order valence-corrected chi connectivity index (χ0v) is 16.4. The third-order valence-corrected chi connectivity index (χ3v) is 5.01. The van der Waals surface area contributed by atoms with Crippen LogP contribution in [0.2, 0.25) is 0 Å². The minimum absolute atomic E-state index is 0.0532. The number of carbonyl (C=O) groups excluding carboxylic acids is 3. The Morgan fingerprint density at radius 3 is 2.37 bits per heavy atom. The summed E-state index contributed by atoms with van der Waals surface area (Å²) in [6, 6.07) is 13.9. The van der Waals surface area contributed by atoms with Crippen molar-refractivity contribution in [2.24, 2.45) is 5.14 Å². The first kappa shape index (κ1) is 21.0. The van der Waals surface area contributed by atoms with Crippen molar-refractivity contribution in [3.8, 4) is 0 Å². The predicted octanol–water partition coefficient (Wildman–Crippen LogP) is 1.42. The van der Waals surface area contributed by atoms with E-state index in [0.717, 1.165) is 10.5 Å². The molecule has 154 valence electrons. The smallest absolute Gasteiger partial charge is 0.325 e. The summed E-state index contributed by atoms with van der Waals surface area (Å²) < 4.78 is 22.5. The summed E-state index contributed by atoms with van der Waals surface area (Å²) in [5.41, 5.74) is 1.27. The fraction of sp³-hybridized carbons (Fsp3) is 0.0500. The maximum atomic E-state index is 12.4. The first-order chi connectivity index (χ1) is 14.2. The summed E-state index contributed by atoms with van der Waals surface area (Å²) >= 11 is 0. The van der Waals surface area contributed by atoms with Gasteiger partial charge in [-0.3, -0.25) is 9.59 Å². The number of allylic oxidation sites excluding steroid dienone is 2. The van der Waals surface area contributed by atoms with Crippen LogP contribution in [0.15, 0.2) is 77.3 Å². The highest BCUT2D eigenvalue weighted by atomic mass is 32.2. The summed E-state index contributed by atoms with van der Waals surface area (Å²) in [4.78, 5) is 37.3. The summed E-state index contributed by atoms with van der Waals surface area (Å²) in [5, 5.41) is 9.92. The van der Waals surface area contributed by atoms with Crippen molar-refractivity contribution in [2.75, 3.05) is 11.9 Å². The van der Waals surface area contributed by atoms with Gasteiger partial charge in [0, 0.05) is 5.69 Å². The third-order valence-electron chi connectivity index (χ3n) is 4.08. The maximum Gasteiger partial charge on any atom is 0.329 e. The molecule has 0 radical (unpaired) electrons. The van der Waals surface area contributed by atoms with Gasteiger partial charge in [0.15, 0.2) is 0 Å². The predicted molar refractivity (Wildman–Crippen MR) is 110 cm³/mol. The van der Waals surface area contributed by atoms with Crippen LogP contribution in [0.3, 0.4) is 0 Å². The molecule has 0 bridgehead atoms. The van der Waals surface area contributed by atoms with Gasteiger partial charge in [0.25, 0.3) is 5.91 Å². The van der Waals surface area contributed by atoms with Gasteiger partial charge in [-0.15, -0.1) is 0 Å². The van der Waals surface area contributed by atoms with E-state index in [0.29, 0.717) is 5.69 Å². The highest BCUT2D eigenvalue weighted by molar-refractivity contribution is 7.89. The number of hydrogen-bond acceptors (Lipinski definition) is 5. The van der Waals surface area contributed by atoms with Gasteiger partial charge in [-0.25, -0.2) is 23.3 Å². The zero-order valence-electron chi connectivity index (χ0n) is 15.6.